The molecule has 0 radical (unpaired) electrons. The Morgan fingerprint density at radius 3 is 2.06 bits per heavy atom. The van der Waals surface area contributed by atoms with Crippen molar-refractivity contribution in [3.63, 3.8) is 0 Å². The van der Waals surface area contributed by atoms with E-state index in [1.165, 1.54) is 11.8 Å². The fourth-order valence-corrected chi connectivity index (χ4v) is 4.39. The number of thioether (sulfide) groups is 1. The number of benzene rings is 3. The van der Waals surface area contributed by atoms with Gasteiger partial charge in [-0.25, -0.2) is 9.59 Å². The molecular weight excluding hydrogens is 448 g/mol. The van der Waals surface area contributed by atoms with Gasteiger partial charge in [-0.3, -0.25) is 9.69 Å². The van der Waals surface area contributed by atoms with Crippen LogP contribution < -0.4 is 5.32 Å². The number of carbonyl (C=O) groups is 3. The van der Waals surface area contributed by atoms with Crippen molar-refractivity contribution in [3.8, 4) is 11.1 Å². The number of nitrogens with one attached hydrogen (secondary N) is 1. The summed E-state index contributed by atoms with van der Waals surface area (Å²) in [6.07, 6.45) is 0.557. The summed E-state index contributed by atoms with van der Waals surface area (Å²) in [5, 5.41) is 12.1. The summed E-state index contributed by atoms with van der Waals surface area (Å²) in [5.41, 5.74) is 3.44. The maximum atomic E-state index is 13.1. The van der Waals surface area contributed by atoms with E-state index >= 15 is 0 Å². The lowest BCUT2D eigenvalue weighted by Crippen LogP contribution is -2.51. The predicted octanol–water partition coefficient (Wildman–Crippen LogP) is 5.30. The molecule has 0 bridgehead atoms. The molecule has 0 aliphatic heterocycles. The zero-order valence-corrected chi connectivity index (χ0v) is 19.8. The van der Waals surface area contributed by atoms with Crippen LogP contribution in [0.15, 0.2) is 84.9 Å². The van der Waals surface area contributed by atoms with Crippen molar-refractivity contribution < 1.29 is 19.5 Å². The number of aliphatic carboxylic acids is 1. The van der Waals surface area contributed by atoms with Crippen LogP contribution in [0.4, 0.5) is 4.79 Å². The molecule has 2 N–H and O–H groups in total. The van der Waals surface area contributed by atoms with Gasteiger partial charge in [0.25, 0.3) is 5.91 Å². The Labute approximate surface area is 204 Å². The highest BCUT2D eigenvalue weighted by Crippen LogP contribution is 2.20. The van der Waals surface area contributed by atoms with Gasteiger partial charge in [0, 0.05) is 23.6 Å². The number of hydrogen-bond acceptors (Lipinski definition) is 4. The molecule has 3 rings (SSSR count). The van der Waals surface area contributed by atoms with Crippen LogP contribution in [0, 0.1) is 0 Å². The molecule has 34 heavy (non-hydrogen) atoms. The van der Waals surface area contributed by atoms with E-state index in [0.717, 1.165) is 21.6 Å². The maximum absolute atomic E-state index is 13.1. The molecule has 7 heteroatoms. The second-order valence-electron chi connectivity index (χ2n) is 7.74. The minimum absolute atomic E-state index is 0.189. The fourth-order valence-electron chi connectivity index (χ4n) is 3.38. The average Bonchev–Trinajstić information content (AvgIpc) is 2.87. The molecular formula is C27H28N2O4S. The van der Waals surface area contributed by atoms with Crippen LogP contribution in [-0.2, 0) is 10.5 Å². The lowest BCUT2D eigenvalue weighted by molar-refractivity contribution is -0.138. The van der Waals surface area contributed by atoms with Crippen LogP contribution in [0.2, 0.25) is 0 Å². The average molecular weight is 477 g/mol. The summed E-state index contributed by atoms with van der Waals surface area (Å²) >= 11 is 1.42. The van der Waals surface area contributed by atoms with Gasteiger partial charge in [0.1, 0.15) is 6.04 Å². The molecule has 0 spiro atoms. The van der Waals surface area contributed by atoms with E-state index in [1.807, 2.05) is 79.7 Å². The van der Waals surface area contributed by atoms with Crippen molar-refractivity contribution in [1.29, 1.82) is 0 Å². The Hall–Kier alpha value is -3.58. The number of rotatable bonds is 10. The molecule has 0 saturated carbocycles. The summed E-state index contributed by atoms with van der Waals surface area (Å²) in [4.78, 5) is 38.8. The van der Waals surface area contributed by atoms with Gasteiger partial charge in [0.15, 0.2) is 0 Å². The van der Waals surface area contributed by atoms with Crippen molar-refractivity contribution in [3.05, 3.63) is 96.1 Å². The molecule has 0 aliphatic carbocycles. The second kappa shape index (κ2) is 12.6. The number of amides is 3. The van der Waals surface area contributed by atoms with Crippen LogP contribution in [0.1, 0.15) is 29.3 Å². The van der Waals surface area contributed by atoms with Crippen molar-refractivity contribution in [2.75, 3.05) is 12.3 Å². The Morgan fingerprint density at radius 1 is 0.882 bits per heavy atom. The van der Waals surface area contributed by atoms with Gasteiger partial charge in [0.2, 0.25) is 0 Å². The molecule has 1 atom stereocenters. The third-order valence-corrected chi connectivity index (χ3v) is 6.27. The molecule has 6 nitrogen and oxygen atoms in total. The monoisotopic (exact) mass is 476 g/mol. The van der Waals surface area contributed by atoms with Crippen LogP contribution in [0.3, 0.4) is 0 Å². The zero-order valence-electron chi connectivity index (χ0n) is 19.0. The van der Waals surface area contributed by atoms with Gasteiger partial charge in [-0.2, -0.15) is 11.8 Å². The van der Waals surface area contributed by atoms with Gasteiger partial charge in [0.05, 0.1) is 0 Å². The van der Waals surface area contributed by atoms with Crippen LogP contribution in [0.5, 0.6) is 0 Å². The third kappa shape index (κ3) is 6.96. The molecule has 0 heterocycles. The van der Waals surface area contributed by atoms with Gasteiger partial charge in [-0.1, -0.05) is 79.7 Å². The molecule has 176 valence electrons. The molecule has 0 aromatic heterocycles. The molecule has 0 unspecified atom stereocenters. The van der Waals surface area contributed by atoms with E-state index in [4.69, 9.17) is 0 Å². The molecule has 0 aliphatic rings. The number of nitrogens with zero attached hydrogens (tertiary/aromatic N) is 1. The minimum atomic E-state index is -1.13. The van der Waals surface area contributed by atoms with E-state index in [2.05, 4.69) is 5.32 Å². The van der Waals surface area contributed by atoms with Crippen LogP contribution in [0.25, 0.3) is 11.1 Å². The Bertz CT molecular complexity index is 1090. The summed E-state index contributed by atoms with van der Waals surface area (Å²) in [6, 6.07) is 24.7. The summed E-state index contributed by atoms with van der Waals surface area (Å²) in [5.74, 6) is -0.771. The van der Waals surface area contributed by atoms with E-state index in [9.17, 15) is 19.5 Å². The molecule has 0 saturated heterocycles. The van der Waals surface area contributed by atoms with E-state index in [0.29, 0.717) is 17.7 Å². The first-order chi connectivity index (χ1) is 16.5. The van der Waals surface area contributed by atoms with E-state index < -0.39 is 23.9 Å². The third-order valence-electron chi connectivity index (χ3n) is 5.17. The topological polar surface area (TPSA) is 86.7 Å². The first-order valence-electron chi connectivity index (χ1n) is 11.1. The van der Waals surface area contributed by atoms with Gasteiger partial charge in [-0.15, -0.1) is 0 Å². The highest BCUT2D eigenvalue weighted by molar-refractivity contribution is 7.98. The Morgan fingerprint density at radius 2 is 1.47 bits per heavy atom. The second-order valence-corrected chi connectivity index (χ2v) is 8.77. The fraction of sp³-hybridized carbons (Fsp3) is 0.222. The summed E-state index contributed by atoms with van der Waals surface area (Å²) in [6.45, 7) is 2.05. The van der Waals surface area contributed by atoms with Gasteiger partial charge < -0.3 is 10.4 Å². The zero-order chi connectivity index (χ0) is 24.3. The first-order valence-corrected chi connectivity index (χ1v) is 12.3. The van der Waals surface area contributed by atoms with Crippen molar-refractivity contribution in [2.45, 2.75) is 25.1 Å². The lowest BCUT2D eigenvalue weighted by Gasteiger charge is -2.23. The Balaban J connectivity index is 1.65. The molecule has 3 amide bonds. The standard InChI is InChI=1S/C27H28N2O4S/c1-2-17-29(25(30)23-15-13-22(14-16-23)21-11-7-4-8-12-21)27(33)28-24(26(31)32)19-34-18-20-9-5-3-6-10-20/h3-16,24H,2,17-19H2,1H3,(H,28,33)(H,31,32)/t24-/m0/s1. The smallest absolute Gasteiger partial charge is 0.327 e. The van der Waals surface area contributed by atoms with Gasteiger partial charge >= 0.3 is 12.0 Å². The van der Waals surface area contributed by atoms with Crippen molar-refractivity contribution in [2.24, 2.45) is 0 Å². The Kier molecular flexibility index (Phi) is 9.29. The number of hydrogen-bond donors (Lipinski definition) is 2. The maximum Gasteiger partial charge on any atom is 0.327 e. The quantitative estimate of drug-likeness (QED) is 0.415. The molecule has 3 aromatic rings. The molecule has 0 fully saturated rings. The first kappa shape index (κ1) is 25.1. The van der Waals surface area contributed by atoms with Crippen LogP contribution >= 0.6 is 11.8 Å². The molecule has 3 aromatic carbocycles. The highest BCUT2D eigenvalue weighted by atomic mass is 32.2. The van der Waals surface area contributed by atoms with E-state index in [-0.39, 0.29) is 12.3 Å². The van der Waals surface area contributed by atoms with Gasteiger partial charge in [-0.05, 0) is 35.2 Å². The van der Waals surface area contributed by atoms with Crippen molar-refractivity contribution >= 4 is 29.7 Å². The number of carboxylic acids is 1. The predicted molar refractivity (Wildman–Crippen MR) is 136 cm³/mol. The summed E-state index contributed by atoms with van der Waals surface area (Å²) < 4.78 is 0. The number of carbonyl (C=O) groups excluding carboxylic acids is 2. The van der Waals surface area contributed by atoms with Crippen LogP contribution in [-0.4, -0.2) is 46.3 Å². The normalized spacial score (nSPS) is 11.4. The number of carboxylic acid groups (broad SMARTS) is 1. The van der Waals surface area contributed by atoms with E-state index in [1.54, 1.807) is 12.1 Å². The van der Waals surface area contributed by atoms with Crippen molar-refractivity contribution in [1.82, 2.24) is 10.2 Å². The summed E-state index contributed by atoms with van der Waals surface area (Å²) in [7, 11) is 0. The highest BCUT2D eigenvalue weighted by Gasteiger charge is 2.27. The number of imide groups is 1. The lowest BCUT2D eigenvalue weighted by atomic mass is 10.0. The largest absolute Gasteiger partial charge is 0.480 e. The SMILES string of the molecule is CCCN(C(=O)N[C@@H](CSCc1ccccc1)C(=O)O)C(=O)c1ccc(-c2ccccc2)cc1. The number of urea groups is 1. The minimum Gasteiger partial charge on any atom is -0.480 e.